The summed E-state index contributed by atoms with van der Waals surface area (Å²) >= 11 is 0. The Morgan fingerprint density at radius 2 is 2.00 bits per heavy atom. The summed E-state index contributed by atoms with van der Waals surface area (Å²) in [5, 5.41) is 5.97. The number of halogens is 1. The van der Waals surface area contributed by atoms with Gasteiger partial charge in [-0.05, 0) is 25.5 Å². The van der Waals surface area contributed by atoms with E-state index in [4.69, 9.17) is 5.73 Å². The number of anilines is 4. The van der Waals surface area contributed by atoms with Crippen LogP contribution in [0.25, 0.3) is 0 Å². The molecule has 100 valence electrons. The Morgan fingerprint density at radius 3 is 2.68 bits per heavy atom. The molecule has 0 aliphatic heterocycles. The van der Waals surface area contributed by atoms with Crippen LogP contribution in [0.5, 0.6) is 0 Å². The summed E-state index contributed by atoms with van der Waals surface area (Å²) in [6, 6.07) is 6.56. The van der Waals surface area contributed by atoms with Crippen molar-refractivity contribution in [3.8, 4) is 0 Å². The minimum atomic E-state index is -0.331. The highest BCUT2D eigenvalue weighted by Crippen LogP contribution is 2.24. The van der Waals surface area contributed by atoms with Gasteiger partial charge in [-0.3, -0.25) is 0 Å². The van der Waals surface area contributed by atoms with Crippen LogP contribution in [0.3, 0.4) is 0 Å². The van der Waals surface area contributed by atoms with Crippen molar-refractivity contribution < 1.29 is 4.39 Å². The number of nitrogens with zero attached hydrogens (tertiary/aromatic N) is 2. The van der Waals surface area contributed by atoms with Crippen molar-refractivity contribution in [3.63, 3.8) is 0 Å². The summed E-state index contributed by atoms with van der Waals surface area (Å²) in [7, 11) is 0. The van der Waals surface area contributed by atoms with E-state index >= 15 is 0 Å². The molecule has 0 spiro atoms. The van der Waals surface area contributed by atoms with Gasteiger partial charge in [0.25, 0.3) is 0 Å². The minimum absolute atomic E-state index is 0.134. The highest BCUT2D eigenvalue weighted by molar-refractivity contribution is 5.64. The van der Waals surface area contributed by atoms with Crippen molar-refractivity contribution in [2.24, 2.45) is 0 Å². The summed E-state index contributed by atoms with van der Waals surface area (Å²) in [5.74, 6) is 0.861. The maximum absolute atomic E-state index is 13.7. The van der Waals surface area contributed by atoms with E-state index < -0.39 is 0 Å². The summed E-state index contributed by atoms with van der Waals surface area (Å²) in [6.45, 7) is 4.49. The molecule has 2 aromatic rings. The Kier molecular flexibility index (Phi) is 3.79. The van der Waals surface area contributed by atoms with Crippen LogP contribution in [0.1, 0.15) is 12.5 Å². The van der Waals surface area contributed by atoms with Gasteiger partial charge >= 0.3 is 0 Å². The molecule has 1 aromatic heterocycles. The SMILES string of the molecule is CCNc1cc(Nc2c(C)cccc2F)nc(N)n1. The predicted molar refractivity (Wildman–Crippen MR) is 75.0 cm³/mol. The molecule has 4 N–H and O–H groups in total. The summed E-state index contributed by atoms with van der Waals surface area (Å²) in [6.07, 6.45) is 0. The van der Waals surface area contributed by atoms with Gasteiger partial charge in [0.1, 0.15) is 17.5 Å². The topological polar surface area (TPSA) is 75.9 Å². The lowest BCUT2D eigenvalue weighted by Crippen LogP contribution is -2.06. The van der Waals surface area contributed by atoms with Gasteiger partial charge in [-0.15, -0.1) is 0 Å². The second kappa shape index (κ2) is 5.51. The molecular formula is C13H16FN5. The van der Waals surface area contributed by atoms with Gasteiger partial charge in [0.05, 0.1) is 5.69 Å². The molecule has 0 radical (unpaired) electrons. The van der Waals surface area contributed by atoms with Crippen LogP contribution < -0.4 is 16.4 Å². The summed E-state index contributed by atoms with van der Waals surface area (Å²) in [4.78, 5) is 8.07. The first kappa shape index (κ1) is 13.1. The van der Waals surface area contributed by atoms with Crippen molar-refractivity contribution in [2.75, 3.05) is 22.9 Å². The zero-order valence-corrected chi connectivity index (χ0v) is 10.9. The average molecular weight is 261 g/mol. The lowest BCUT2D eigenvalue weighted by Gasteiger charge is -2.11. The Morgan fingerprint density at radius 1 is 1.26 bits per heavy atom. The first-order valence-corrected chi connectivity index (χ1v) is 6.00. The van der Waals surface area contributed by atoms with E-state index in [-0.39, 0.29) is 11.8 Å². The van der Waals surface area contributed by atoms with Gasteiger partial charge in [-0.2, -0.15) is 9.97 Å². The zero-order valence-electron chi connectivity index (χ0n) is 10.9. The Labute approximate surface area is 111 Å². The molecule has 0 unspecified atom stereocenters. The molecule has 19 heavy (non-hydrogen) atoms. The smallest absolute Gasteiger partial charge is 0.223 e. The van der Waals surface area contributed by atoms with Crippen molar-refractivity contribution in [1.82, 2.24) is 9.97 Å². The van der Waals surface area contributed by atoms with Gasteiger partial charge in [-0.25, -0.2) is 4.39 Å². The predicted octanol–water partition coefficient (Wildman–Crippen LogP) is 2.68. The van der Waals surface area contributed by atoms with Crippen LogP contribution in [0, 0.1) is 12.7 Å². The van der Waals surface area contributed by atoms with E-state index in [1.165, 1.54) is 6.07 Å². The lowest BCUT2D eigenvalue weighted by atomic mass is 10.2. The first-order valence-electron chi connectivity index (χ1n) is 6.00. The highest BCUT2D eigenvalue weighted by atomic mass is 19.1. The van der Waals surface area contributed by atoms with Crippen LogP contribution in [0.2, 0.25) is 0 Å². The normalized spacial score (nSPS) is 10.3. The van der Waals surface area contributed by atoms with Crippen molar-refractivity contribution in [1.29, 1.82) is 0 Å². The van der Waals surface area contributed by atoms with Crippen LogP contribution in [0.15, 0.2) is 24.3 Å². The summed E-state index contributed by atoms with van der Waals surface area (Å²) in [5.41, 5.74) is 6.81. The number of nitrogens with one attached hydrogen (secondary N) is 2. The number of aromatic nitrogens is 2. The van der Waals surface area contributed by atoms with E-state index in [9.17, 15) is 4.39 Å². The monoisotopic (exact) mass is 261 g/mol. The molecule has 0 saturated heterocycles. The largest absolute Gasteiger partial charge is 0.370 e. The standard InChI is InChI=1S/C13H16FN5/c1-3-16-10-7-11(19-13(15)18-10)17-12-8(2)5-4-6-9(12)14/h4-7H,3H2,1-2H3,(H4,15,16,17,18,19). The lowest BCUT2D eigenvalue weighted by molar-refractivity contribution is 0.631. The molecule has 0 saturated carbocycles. The fourth-order valence-corrected chi connectivity index (χ4v) is 1.72. The molecular weight excluding hydrogens is 245 g/mol. The van der Waals surface area contributed by atoms with Crippen LogP contribution in [-0.2, 0) is 0 Å². The molecule has 0 aliphatic carbocycles. The molecule has 1 aromatic carbocycles. The van der Waals surface area contributed by atoms with E-state index in [1.54, 1.807) is 12.1 Å². The molecule has 0 fully saturated rings. The second-order valence-corrected chi connectivity index (χ2v) is 4.08. The molecule has 6 heteroatoms. The molecule has 0 aliphatic rings. The van der Waals surface area contributed by atoms with Gasteiger partial charge in [-0.1, -0.05) is 12.1 Å². The Hall–Kier alpha value is -2.37. The number of hydrogen-bond acceptors (Lipinski definition) is 5. The number of hydrogen-bond donors (Lipinski definition) is 3. The number of para-hydroxylation sites is 1. The zero-order chi connectivity index (χ0) is 13.8. The average Bonchev–Trinajstić information content (AvgIpc) is 2.34. The van der Waals surface area contributed by atoms with Gasteiger partial charge in [0.15, 0.2) is 0 Å². The van der Waals surface area contributed by atoms with E-state index in [0.29, 0.717) is 23.9 Å². The van der Waals surface area contributed by atoms with Crippen LogP contribution in [0.4, 0.5) is 27.7 Å². The fourth-order valence-electron chi connectivity index (χ4n) is 1.72. The number of aryl methyl sites for hydroxylation is 1. The number of benzene rings is 1. The number of nitrogen functional groups attached to an aromatic ring is 1. The highest BCUT2D eigenvalue weighted by Gasteiger charge is 2.08. The number of nitrogens with two attached hydrogens (primary N) is 1. The van der Waals surface area contributed by atoms with Crippen LogP contribution in [-0.4, -0.2) is 16.5 Å². The summed E-state index contributed by atoms with van der Waals surface area (Å²) < 4.78 is 13.7. The maximum atomic E-state index is 13.7. The Bertz CT molecular complexity index is 565. The molecule has 0 atom stereocenters. The van der Waals surface area contributed by atoms with Crippen molar-refractivity contribution >= 4 is 23.3 Å². The maximum Gasteiger partial charge on any atom is 0.223 e. The number of rotatable bonds is 4. The van der Waals surface area contributed by atoms with Crippen molar-refractivity contribution in [3.05, 3.63) is 35.6 Å². The van der Waals surface area contributed by atoms with Crippen molar-refractivity contribution in [2.45, 2.75) is 13.8 Å². The van der Waals surface area contributed by atoms with E-state index in [2.05, 4.69) is 20.6 Å². The molecule has 2 rings (SSSR count). The van der Waals surface area contributed by atoms with Gasteiger partial charge in [0, 0.05) is 12.6 Å². The third-order valence-corrected chi connectivity index (χ3v) is 2.58. The molecule has 1 heterocycles. The third-order valence-electron chi connectivity index (χ3n) is 2.58. The quantitative estimate of drug-likeness (QED) is 0.789. The third kappa shape index (κ3) is 3.09. The molecule has 0 bridgehead atoms. The van der Waals surface area contributed by atoms with Gasteiger partial charge in [0.2, 0.25) is 5.95 Å². The minimum Gasteiger partial charge on any atom is -0.370 e. The molecule has 5 nitrogen and oxygen atoms in total. The Balaban J connectivity index is 2.33. The van der Waals surface area contributed by atoms with E-state index in [1.807, 2.05) is 19.9 Å². The van der Waals surface area contributed by atoms with E-state index in [0.717, 1.165) is 5.56 Å². The van der Waals surface area contributed by atoms with Gasteiger partial charge < -0.3 is 16.4 Å². The fraction of sp³-hybridized carbons (Fsp3) is 0.231. The first-order chi connectivity index (χ1) is 9.10. The molecule has 0 amide bonds. The second-order valence-electron chi connectivity index (χ2n) is 4.08. The van der Waals surface area contributed by atoms with Crippen LogP contribution >= 0.6 is 0 Å².